The van der Waals surface area contributed by atoms with Crippen LogP contribution in [0.5, 0.6) is 0 Å². The molecule has 1 aliphatic rings. The van der Waals surface area contributed by atoms with Crippen molar-refractivity contribution in [1.29, 1.82) is 0 Å². The lowest BCUT2D eigenvalue weighted by Gasteiger charge is -2.21. The van der Waals surface area contributed by atoms with Crippen molar-refractivity contribution in [3.8, 4) is 11.3 Å². The molecular weight excluding hydrogens is 292 g/mol. The van der Waals surface area contributed by atoms with E-state index in [9.17, 15) is 0 Å². The Bertz CT molecular complexity index is 517. The van der Waals surface area contributed by atoms with Crippen LogP contribution in [0.1, 0.15) is 24.5 Å². The number of aromatic amines is 1. The van der Waals surface area contributed by atoms with E-state index in [-0.39, 0.29) is 0 Å². The molecule has 18 heavy (non-hydrogen) atoms. The fourth-order valence-corrected chi connectivity index (χ4v) is 3.13. The standard InChI is InChI=1S/C13H15BrN4/c14-11-12(9-3-1-5-15-7-9)17-18-13(11)10-4-2-6-16-8-10/h1,3,5,7,10,16H,2,4,6,8H2,(H,17,18). The maximum absolute atomic E-state index is 4.42. The van der Waals surface area contributed by atoms with Crippen LogP contribution in [0.4, 0.5) is 0 Å². The van der Waals surface area contributed by atoms with Gasteiger partial charge in [-0.3, -0.25) is 10.1 Å². The zero-order valence-electron chi connectivity index (χ0n) is 9.99. The van der Waals surface area contributed by atoms with E-state index in [0.717, 1.165) is 28.8 Å². The highest BCUT2D eigenvalue weighted by Gasteiger charge is 2.22. The van der Waals surface area contributed by atoms with Crippen LogP contribution in [0.25, 0.3) is 11.3 Å². The Labute approximate surface area is 114 Å². The van der Waals surface area contributed by atoms with Crippen LogP contribution in [-0.4, -0.2) is 28.3 Å². The van der Waals surface area contributed by atoms with Gasteiger partial charge in [0.1, 0.15) is 5.69 Å². The van der Waals surface area contributed by atoms with Gasteiger partial charge >= 0.3 is 0 Å². The van der Waals surface area contributed by atoms with Crippen LogP contribution in [0.3, 0.4) is 0 Å². The van der Waals surface area contributed by atoms with Crippen molar-refractivity contribution in [3.63, 3.8) is 0 Å². The highest BCUT2D eigenvalue weighted by Crippen LogP contribution is 2.34. The lowest BCUT2D eigenvalue weighted by Crippen LogP contribution is -2.28. The zero-order valence-corrected chi connectivity index (χ0v) is 11.6. The van der Waals surface area contributed by atoms with Crippen LogP contribution >= 0.6 is 15.9 Å². The first kappa shape index (κ1) is 11.9. The van der Waals surface area contributed by atoms with Crippen LogP contribution in [0, 0.1) is 0 Å². The van der Waals surface area contributed by atoms with Gasteiger partial charge in [0.15, 0.2) is 0 Å². The summed E-state index contributed by atoms with van der Waals surface area (Å²) < 4.78 is 1.07. The molecule has 2 aromatic rings. The lowest BCUT2D eigenvalue weighted by atomic mass is 9.96. The molecule has 1 saturated heterocycles. The van der Waals surface area contributed by atoms with E-state index in [1.165, 1.54) is 18.5 Å². The second-order valence-electron chi connectivity index (χ2n) is 4.58. The van der Waals surface area contributed by atoms with E-state index in [4.69, 9.17) is 0 Å². The number of pyridine rings is 1. The summed E-state index contributed by atoms with van der Waals surface area (Å²) >= 11 is 3.67. The van der Waals surface area contributed by atoms with Crippen LogP contribution in [-0.2, 0) is 0 Å². The fourth-order valence-electron chi connectivity index (χ4n) is 2.40. The predicted molar refractivity (Wildman–Crippen MR) is 74.4 cm³/mol. The van der Waals surface area contributed by atoms with Gasteiger partial charge in [0, 0.05) is 30.4 Å². The molecule has 0 aromatic carbocycles. The third kappa shape index (κ3) is 2.20. The van der Waals surface area contributed by atoms with Gasteiger partial charge in [-0.05, 0) is 47.4 Å². The summed E-state index contributed by atoms with van der Waals surface area (Å²) in [6.07, 6.45) is 6.04. The van der Waals surface area contributed by atoms with Crippen molar-refractivity contribution in [3.05, 3.63) is 34.7 Å². The van der Waals surface area contributed by atoms with Gasteiger partial charge in [-0.1, -0.05) is 0 Å². The maximum atomic E-state index is 4.42. The second kappa shape index (κ2) is 5.20. The van der Waals surface area contributed by atoms with Gasteiger partial charge in [-0.15, -0.1) is 0 Å². The van der Waals surface area contributed by atoms with Crippen LogP contribution in [0.15, 0.2) is 29.0 Å². The molecule has 0 radical (unpaired) electrons. The molecule has 1 atom stereocenters. The molecule has 0 bridgehead atoms. The van der Waals surface area contributed by atoms with Crippen molar-refractivity contribution < 1.29 is 0 Å². The maximum Gasteiger partial charge on any atom is 0.108 e. The van der Waals surface area contributed by atoms with E-state index in [1.807, 2.05) is 18.3 Å². The average Bonchev–Trinajstić information content (AvgIpc) is 2.83. The molecule has 2 N–H and O–H groups in total. The first-order chi connectivity index (χ1) is 8.86. The number of rotatable bonds is 2. The van der Waals surface area contributed by atoms with Gasteiger partial charge < -0.3 is 5.32 Å². The quantitative estimate of drug-likeness (QED) is 0.897. The SMILES string of the molecule is Brc1c(-c2cccnc2)n[nH]c1C1CCCNC1. The van der Waals surface area contributed by atoms with Gasteiger partial charge in [0.05, 0.1) is 10.2 Å². The third-order valence-electron chi connectivity index (χ3n) is 3.37. The molecule has 2 aromatic heterocycles. The normalized spacial score (nSPS) is 19.9. The summed E-state index contributed by atoms with van der Waals surface area (Å²) in [6.45, 7) is 2.14. The number of H-pyrrole nitrogens is 1. The summed E-state index contributed by atoms with van der Waals surface area (Å²) in [7, 11) is 0. The lowest BCUT2D eigenvalue weighted by molar-refractivity contribution is 0.453. The monoisotopic (exact) mass is 306 g/mol. The molecule has 94 valence electrons. The van der Waals surface area contributed by atoms with Gasteiger partial charge in [0.2, 0.25) is 0 Å². The van der Waals surface area contributed by atoms with E-state index < -0.39 is 0 Å². The van der Waals surface area contributed by atoms with E-state index in [1.54, 1.807) is 6.20 Å². The fraction of sp³-hybridized carbons (Fsp3) is 0.385. The number of piperidine rings is 1. The minimum atomic E-state index is 0.519. The van der Waals surface area contributed by atoms with Crippen LogP contribution in [0.2, 0.25) is 0 Å². The molecule has 1 unspecified atom stereocenters. The molecular formula is C13H15BrN4. The van der Waals surface area contributed by atoms with Crippen molar-refractivity contribution in [2.24, 2.45) is 0 Å². The Kier molecular flexibility index (Phi) is 3.43. The molecule has 3 rings (SSSR count). The zero-order chi connectivity index (χ0) is 12.4. The molecule has 0 amide bonds. The molecule has 3 heterocycles. The Morgan fingerprint density at radius 1 is 1.39 bits per heavy atom. The Balaban J connectivity index is 1.92. The van der Waals surface area contributed by atoms with Gasteiger partial charge in [0.25, 0.3) is 0 Å². The topological polar surface area (TPSA) is 53.6 Å². The highest BCUT2D eigenvalue weighted by atomic mass is 79.9. The Morgan fingerprint density at radius 2 is 2.33 bits per heavy atom. The number of aromatic nitrogens is 3. The third-order valence-corrected chi connectivity index (χ3v) is 4.18. The van der Waals surface area contributed by atoms with E-state index in [0.29, 0.717) is 5.92 Å². The number of nitrogens with zero attached hydrogens (tertiary/aromatic N) is 2. The summed E-state index contributed by atoms with van der Waals surface area (Å²) in [5, 5.41) is 11.0. The second-order valence-corrected chi connectivity index (χ2v) is 5.38. The molecule has 1 fully saturated rings. The van der Waals surface area contributed by atoms with Crippen molar-refractivity contribution in [2.75, 3.05) is 13.1 Å². The minimum absolute atomic E-state index is 0.519. The summed E-state index contributed by atoms with van der Waals surface area (Å²) in [5.74, 6) is 0.519. The summed E-state index contributed by atoms with van der Waals surface area (Å²) in [4.78, 5) is 4.14. The number of nitrogens with one attached hydrogen (secondary N) is 2. The number of hydrogen-bond acceptors (Lipinski definition) is 3. The molecule has 1 aliphatic heterocycles. The smallest absolute Gasteiger partial charge is 0.108 e. The van der Waals surface area contributed by atoms with Crippen molar-refractivity contribution >= 4 is 15.9 Å². The molecule has 0 saturated carbocycles. The van der Waals surface area contributed by atoms with Crippen molar-refractivity contribution in [2.45, 2.75) is 18.8 Å². The average molecular weight is 307 g/mol. The van der Waals surface area contributed by atoms with E-state index in [2.05, 4.69) is 36.4 Å². The first-order valence-corrected chi connectivity index (χ1v) is 7.00. The predicted octanol–water partition coefficient (Wildman–Crippen LogP) is 2.70. The molecule has 0 spiro atoms. The van der Waals surface area contributed by atoms with Crippen molar-refractivity contribution in [1.82, 2.24) is 20.5 Å². The van der Waals surface area contributed by atoms with E-state index >= 15 is 0 Å². The number of hydrogen-bond donors (Lipinski definition) is 2. The van der Waals surface area contributed by atoms with Gasteiger partial charge in [-0.2, -0.15) is 5.10 Å². The summed E-state index contributed by atoms with van der Waals surface area (Å²) in [6, 6.07) is 3.95. The minimum Gasteiger partial charge on any atom is -0.316 e. The number of halogens is 1. The van der Waals surface area contributed by atoms with Gasteiger partial charge in [-0.25, -0.2) is 0 Å². The summed E-state index contributed by atoms with van der Waals surface area (Å²) in [5.41, 5.74) is 3.18. The highest BCUT2D eigenvalue weighted by molar-refractivity contribution is 9.10. The first-order valence-electron chi connectivity index (χ1n) is 6.21. The largest absolute Gasteiger partial charge is 0.316 e. The molecule has 5 heteroatoms. The molecule has 0 aliphatic carbocycles. The Hall–Kier alpha value is -1.20. The Morgan fingerprint density at radius 3 is 3.06 bits per heavy atom. The molecule has 4 nitrogen and oxygen atoms in total. The van der Waals surface area contributed by atoms with Crippen LogP contribution < -0.4 is 5.32 Å².